The van der Waals surface area contributed by atoms with Gasteiger partial charge in [0.05, 0.1) is 12.1 Å². The van der Waals surface area contributed by atoms with Gasteiger partial charge in [-0.2, -0.15) is 0 Å². The van der Waals surface area contributed by atoms with Crippen molar-refractivity contribution >= 4 is 43.2 Å². The number of hydrogen-bond donors (Lipinski definition) is 2. The van der Waals surface area contributed by atoms with Crippen LogP contribution in [0.5, 0.6) is 0 Å². The van der Waals surface area contributed by atoms with E-state index in [1.165, 1.54) is 44.8 Å². The Bertz CT molecular complexity index is 1290. The Labute approximate surface area is 271 Å². The highest BCUT2D eigenvalue weighted by Gasteiger charge is 2.29. The highest BCUT2D eigenvalue weighted by atomic mass is 79.9. The van der Waals surface area contributed by atoms with E-state index in [-0.39, 0.29) is 12.1 Å². The van der Waals surface area contributed by atoms with Gasteiger partial charge in [0.1, 0.15) is 0 Å². The molecule has 0 unspecified atom stereocenters. The van der Waals surface area contributed by atoms with Crippen molar-refractivity contribution in [1.82, 2.24) is 0 Å². The van der Waals surface area contributed by atoms with Crippen molar-refractivity contribution in [3.8, 4) is 0 Å². The Morgan fingerprint density at radius 3 is 0.905 bits per heavy atom. The maximum atomic E-state index is 4.16. The average Bonchev–Trinajstić information content (AvgIpc) is 2.95. The fourth-order valence-corrected chi connectivity index (χ4v) is 6.33. The molecule has 0 aromatic heterocycles. The zero-order valence-electron chi connectivity index (χ0n) is 26.3. The van der Waals surface area contributed by atoms with Crippen LogP contribution in [-0.4, -0.2) is 0 Å². The third kappa shape index (κ3) is 7.50. The molecule has 4 heteroatoms. The molecule has 0 saturated heterocycles. The molecule has 42 heavy (non-hydrogen) atoms. The molecular weight excluding hydrogens is 644 g/mol. The number of hydrogen-bond acceptors (Lipinski definition) is 2. The van der Waals surface area contributed by atoms with Crippen LogP contribution in [0.1, 0.15) is 125 Å². The highest BCUT2D eigenvalue weighted by molar-refractivity contribution is 9.10. The summed E-state index contributed by atoms with van der Waals surface area (Å²) < 4.78 is 2.16. The van der Waals surface area contributed by atoms with E-state index in [0.29, 0.717) is 23.7 Å². The molecule has 2 atom stereocenters. The Hall–Kier alpha value is -2.56. The molecule has 222 valence electrons. The number of para-hydroxylation sites is 2. The molecule has 0 fully saturated rings. The lowest BCUT2D eigenvalue weighted by Gasteiger charge is -2.35. The van der Waals surface area contributed by atoms with Crippen LogP contribution in [-0.2, 0) is 0 Å². The Balaban J connectivity index is 1.98. The summed E-state index contributed by atoms with van der Waals surface area (Å²) in [5, 5.41) is 8.31. The molecule has 0 aliphatic carbocycles. The fraction of sp³-hybridized carbons (Fsp3) is 0.368. The number of benzene rings is 4. The van der Waals surface area contributed by atoms with Gasteiger partial charge in [-0.3, -0.25) is 0 Å². The fourth-order valence-electron chi connectivity index (χ4n) is 5.80. The minimum atomic E-state index is -0.0445. The van der Waals surface area contributed by atoms with Gasteiger partial charge in [-0.05, 0) is 81.3 Å². The molecule has 4 aromatic rings. The van der Waals surface area contributed by atoms with E-state index >= 15 is 0 Å². The molecule has 0 bridgehead atoms. The largest absolute Gasteiger partial charge is 0.375 e. The number of nitrogens with one attached hydrogen (secondary N) is 2. The number of rotatable bonds is 11. The van der Waals surface area contributed by atoms with Crippen LogP contribution in [0.25, 0.3) is 0 Å². The monoisotopic (exact) mass is 688 g/mol. The third-order valence-corrected chi connectivity index (χ3v) is 9.19. The average molecular weight is 691 g/mol. The van der Waals surface area contributed by atoms with Crippen molar-refractivity contribution in [2.75, 3.05) is 10.6 Å². The van der Waals surface area contributed by atoms with Gasteiger partial charge in [0, 0.05) is 20.3 Å². The predicted molar refractivity (Wildman–Crippen MR) is 190 cm³/mol. The van der Waals surface area contributed by atoms with Gasteiger partial charge in [-0.15, -0.1) is 0 Å². The first kappa shape index (κ1) is 32.4. The molecule has 0 aliphatic rings. The smallest absolute Gasteiger partial charge is 0.0757 e. The van der Waals surface area contributed by atoms with Gasteiger partial charge in [-0.1, -0.05) is 148 Å². The van der Waals surface area contributed by atoms with Crippen LogP contribution < -0.4 is 10.6 Å². The van der Waals surface area contributed by atoms with Gasteiger partial charge in [0.15, 0.2) is 0 Å². The van der Waals surface area contributed by atoms with E-state index < -0.39 is 0 Å². The zero-order chi connectivity index (χ0) is 30.6. The predicted octanol–water partition coefficient (Wildman–Crippen LogP) is 12.7. The number of halogens is 2. The SMILES string of the molecule is CC(C)c1cccc(C(C)C)c1N[C@H](c1ccc(Br)cc1)[C@H](Nc1c(C(C)C)cccc1C(C)C)c1ccc(Br)cc1. The third-order valence-electron chi connectivity index (χ3n) is 8.14. The first-order valence-corrected chi connectivity index (χ1v) is 16.9. The Morgan fingerprint density at radius 2 is 0.667 bits per heavy atom. The summed E-state index contributed by atoms with van der Waals surface area (Å²) in [6, 6.07) is 31.1. The van der Waals surface area contributed by atoms with Crippen molar-refractivity contribution in [3.05, 3.63) is 127 Å². The summed E-state index contributed by atoms with van der Waals surface area (Å²) in [6.07, 6.45) is 0. The normalized spacial score (nSPS) is 13.2. The van der Waals surface area contributed by atoms with E-state index in [2.05, 4.69) is 183 Å². The first-order valence-electron chi connectivity index (χ1n) is 15.3. The topological polar surface area (TPSA) is 24.1 Å². The molecule has 0 amide bonds. The van der Waals surface area contributed by atoms with Gasteiger partial charge in [0.2, 0.25) is 0 Å². The van der Waals surface area contributed by atoms with Crippen molar-refractivity contribution in [3.63, 3.8) is 0 Å². The molecule has 0 heterocycles. The van der Waals surface area contributed by atoms with Crippen LogP contribution in [0.15, 0.2) is 93.9 Å². The summed E-state index contributed by atoms with van der Waals surface area (Å²) >= 11 is 7.35. The van der Waals surface area contributed by atoms with Crippen LogP contribution >= 0.6 is 31.9 Å². The lowest BCUT2D eigenvalue weighted by Crippen LogP contribution is -2.28. The summed E-state index contributed by atoms with van der Waals surface area (Å²) in [4.78, 5) is 0. The van der Waals surface area contributed by atoms with Gasteiger partial charge in [-0.25, -0.2) is 0 Å². The van der Waals surface area contributed by atoms with Crippen molar-refractivity contribution in [2.45, 2.75) is 91.1 Å². The van der Waals surface area contributed by atoms with Crippen molar-refractivity contribution in [1.29, 1.82) is 0 Å². The zero-order valence-corrected chi connectivity index (χ0v) is 29.5. The van der Waals surface area contributed by atoms with E-state index in [1.807, 2.05) is 0 Å². The standard InChI is InChI=1S/C38H46Br2N2/c1-23(2)31-11-9-12-32(24(3)4)37(31)41-35(27-15-19-29(39)20-16-27)36(28-17-21-30(40)22-18-28)42-38-33(25(5)6)13-10-14-34(38)26(7)8/h9-26,35-36,41-42H,1-8H3/t35-,36-/m1/s1. The van der Waals surface area contributed by atoms with Gasteiger partial charge >= 0.3 is 0 Å². The molecule has 4 aromatic carbocycles. The lowest BCUT2D eigenvalue weighted by molar-refractivity contribution is 0.641. The summed E-state index contributed by atoms with van der Waals surface area (Å²) in [5.41, 5.74) is 10.4. The van der Waals surface area contributed by atoms with Crippen molar-refractivity contribution in [2.24, 2.45) is 0 Å². The maximum Gasteiger partial charge on any atom is 0.0757 e. The summed E-state index contributed by atoms with van der Waals surface area (Å²) in [5.74, 6) is 1.57. The quantitative estimate of drug-likeness (QED) is 0.164. The van der Waals surface area contributed by atoms with E-state index in [9.17, 15) is 0 Å². The molecule has 0 radical (unpaired) electrons. The Kier molecular flexibility index (Phi) is 11.0. The van der Waals surface area contributed by atoms with Gasteiger partial charge in [0.25, 0.3) is 0 Å². The van der Waals surface area contributed by atoms with E-state index in [0.717, 1.165) is 8.95 Å². The molecular formula is C38H46Br2N2. The van der Waals surface area contributed by atoms with Crippen molar-refractivity contribution < 1.29 is 0 Å². The molecule has 2 N–H and O–H groups in total. The minimum Gasteiger partial charge on any atom is -0.375 e. The second kappa shape index (κ2) is 14.3. The minimum absolute atomic E-state index is 0.0445. The first-order chi connectivity index (χ1) is 20.0. The molecule has 0 aliphatic heterocycles. The summed E-state index contributed by atoms with van der Waals surface area (Å²) in [6.45, 7) is 18.3. The maximum absolute atomic E-state index is 4.16. The van der Waals surface area contributed by atoms with Crippen LogP contribution in [0, 0.1) is 0 Å². The number of anilines is 2. The second-order valence-electron chi connectivity index (χ2n) is 12.6. The molecule has 2 nitrogen and oxygen atoms in total. The van der Waals surface area contributed by atoms with Gasteiger partial charge < -0.3 is 10.6 Å². The highest BCUT2D eigenvalue weighted by Crippen LogP contribution is 2.43. The van der Waals surface area contributed by atoms with Crippen LogP contribution in [0.3, 0.4) is 0 Å². The van der Waals surface area contributed by atoms with E-state index in [4.69, 9.17) is 0 Å². The molecule has 0 spiro atoms. The van der Waals surface area contributed by atoms with Crippen LogP contribution in [0.4, 0.5) is 11.4 Å². The van der Waals surface area contributed by atoms with Crippen LogP contribution in [0.2, 0.25) is 0 Å². The molecule has 4 rings (SSSR count). The lowest BCUT2D eigenvalue weighted by atomic mass is 9.87. The van der Waals surface area contributed by atoms with E-state index in [1.54, 1.807) is 0 Å². The Morgan fingerprint density at radius 1 is 0.405 bits per heavy atom. The molecule has 0 saturated carbocycles. The second-order valence-corrected chi connectivity index (χ2v) is 14.4. The summed E-state index contributed by atoms with van der Waals surface area (Å²) in [7, 11) is 0.